The number of hydrogen-bond acceptors (Lipinski definition) is 14. The number of esters is 1. The smallest absolute Gasteiger partial charge is 0.311 e. The van der Waals surface area contributed by atoms with Crippen molar-refractivity contribution in [2.75, 3.05) is 33.4 Å². The zero-order valence-electron chi connectivity index (χ0n) is 33.7. The number of carbonyl (C=O) groups excluding carboxylic acids is 1. The highest BCUT2D eigenvalue weighted by Crippen LogP contribution is 2.48. The first-order valence-corrected chi connectivity index (χ1v) is 19.6. The van der Waals surface area contributed by atoms with Crippen molar-refractivity contribution in [3.63, 3.8) is 0 Å². The SMILES string of the molecule is CC[C@@H](O)[C@@](C)(O)[C@@H]1OC(=O)[C@H](C)[C@@H](O[C@H]2CC(C)(OC)[C@@H](O)C(C)O2)[C@H](C)[C@@H](O[C@@H]2OC(C)CC(N3CCOCC3)C2O)C2(C)CC(C)=C(O2)[C@@H]1C. The van der Waals surface area contributed by atoms with Crippen molar-refractivity contribution < 1.29 is 63.1 Å². The normalized spacial score (nSPS) is 46.5. The number of carbonyl (C=O) groups is 1. The number of fused-ring (bicyclic) bond motifs is 2. The molecule has 17 atom stereocenters. The van der Waals surface area contributed by atoms with Gasteiger partial charge in [0, 0.05) is 45.0 Å². The molecule has 0 spiro atoms. The highest BCUT2D eigenvalue weighted by molar-refractivity contribution is 5.73. The Morgan fingerprint density at radius 3 is 2.32 bits per heavy atom. The molecule has 0 saturated carbocycles. The van der Waals surface area contributed by atoms with E-state index < -0.39 is 95.8 Å². The first-order chi connectivity index (χ1) is 24.8. The number of aliphatic hydroxyl groups is 4. The monoisotopic (exact) mass is 757 g/mol. The van der Waals surface area contributed by atoms with E-state index in [0.717, 1.165) is 5.57 Å². The number of ether oxygens (including phenoxy) is 8. The molecule has 5 rings (SSSR count). The predicted octanol–water partition coefficient (Wildman–Crippen LogP) is 2.66. The molecule has 4 saturated heterocycles. The van der Waals surface area contributed by atoms with Crippen molar-refractivity contribution in [1.82, 2.24) is 4.90 Å². The maximum absolute atomic E-state index is 14.4. The molecule has 5 aliphatic heterocycles. The Labute approximate surface area is 315 Å². The third-order valence-electron chi connectivity index (χ3n) is 12.8. The largest absolute Gasteiger partial charge is 0.488 e. The number of hydrogen-bond donors (Lipinski definition) is 4. The Morgan fingerprint density at radius 2 is 1.70 bits per heavy atom. The number of nitrogens with zero attached hydrogens (tertiary/aromatic N) is 1. The van der Waals surface area contributed by atoms with E-state index in [2.05, 4.69) is 4.90 Å². The summed E-state index contributed by atoms with van der Waals surface area (Å²) in [5, 5.41) is 45.7. The Morgan fingerprint density at radius 1 is 1.04 bits per heavy atom. The van der Waals surface area contributed by atoms with Gasteiger partial charge in [-0.15, -0.1) is 0 Å². The summed E-state index contributed by atoms with van der Waals surface area (Å²) >= 11 is 0. The van der Waals surface area contributed by atoms with E-state index in [9.17, 15) is 25.2 Å². The molecule has 5 heterocycles. The summed E-state index contributed by atoms with van der Waals surface area (Å²) in [5.74, 6) is -2.28. The third-order valence-corrected chi connectivity index (χ3v) is 12.8. The molecule has 0 aromatic heterocycles. The van der Waals surface area contributed by atoms with Crippen molar-refractivity contribution in [3.8, 4) is 0 Å². The summed E-state index contributed by atoms with van der Waals surface area (Å²) in [6, 6.07) is -0.220. The number of cyclic esters (lactones) is 1. The van der Waals surface area contributed by atoms with Crippen LogP contribution < -0.4 is 0 Å². The van der Waals surface area contributed by atoms with Crippen molar-refractivity contribution in [3.05, 3.63) is 11.3 Å². The fourth-order valence-corrected chi connectivity index (χ4v) is 9.48. The van der Waals surface area contributed by atoms with E-state index in [1.165, 1.54) is 14.0 Å². The van der Waals surface area contributed by atoms with Gasteiger partial charge in [-0.05, 0) is 66.9 Å². The molecule has 53 heavy (non-hydrogen) atoms. The molecule has 6 unspecified atom stereocenters. The Kier molecular flexibility index (Phi) is 13.4. The molecule has 0 aromatic rings. The van der Waals surface area contributed by atoms with Crippen molar-refractivity contribution in [2.45, 2.75) is 179 Å². The van der Waals surface area contributed by atoms with Crippen LogP contribution >= 0.6 is 0 Å². The zero-order chi connectivity index (χ0) is 39.2. The summed E-state index contributed by atoms with van der Waals surface area (Å²) in [4.78, 5) is 16.6. The Hall–Kier alpha value is -1.43. The zero-order valence-corrected chi connectivity index (χ0v) is 33.7. The number of morpholine rings is 1. The minimum absolute atomic E-state index is 0.171. The van der Waals surface area contributed by atoms with Crippen LogP contribution in [-0.2, 0) is 42.7 Å². The molecular weight excluding hydrogens is 690 g/mol. The van der Waals surface area contributed by atoms with Gasteiger partial charge in [0.15, 0.2) is 12.6 Å². The van der Waals surface area contributed by atoms with Gasteiger partial charge in [0.2, 0.25) is 0 Å². The summed E-state index contributed by atoms with van der Waals surface area (Å²) in [6.07, 6.45) is -7.33. The summed E-state index contributed by atoms with van der Waals surface area (Å²) in [5.41, 5.74) is -2.98. The van der Waals surface area contributed by atoms with Crippen LogP contribution in [0.2, 0.25) is 0 Å². The third kappa shape index (κ3) is 8.49. The van der Waals surface area contributed by atoms with Crippen LogP contribution in [0.25, 0.3) is 0 Å². The van der Waals surface area contributed by atoms with Crippen molar-refractivity contribution in [1.29, 1.82) is 0 Å². The molecule has 0 radical (unpaired) electrons. The molecule has 5 aliphatic rings. The second-order valence-corrected chi connectivity index (χ2v) is 17.0. The first-order valence-electron chi connectivity index (χ1n) is 19.6. The highest BCUT2D eigenvalue weighted by atomic mass is 16.7. The highest BCUT2D eigenvalue weighted by Gasteiger charge is 2.57. The van der Waals surface area contributed by atoms with Crippen molar-refractivity contribution >= 4 is 5.97 Å². The van der Waals surface area contributed by atoms with Gasteiger partial charge in [0.1, 0.15) is 41.4 Å². The Balaban J connectivity index is 1.57. The van der Waals surface area contributed by atoms with E-state index in [-0.39, 0.29) is 25.0 Å². The number of rotatable bonds is 9. The summed E-state index contributed by atoms with van der Waals surface area (Å²) < 4.78 is 50.8. The van der Waals surface area contributed by atoms with Crippen LogP contribution in [0.1, 0.15) is 94.9 Å². The van der Waals surface area contributed by atoms with E-state index >= 15 is 0 Å². The first kappa shape index (κ1) is 42.7. The molecule has 0 aromatic carbocycles. The second-order valence-electron chi connectivity index (χ2n) is 17.0. The van der Waals surface area contributed by atoms with Gasteiger partial charge >= 0.3 is 5.97 Å². The lowest BCUT2D eigenvalue weighted by Gasteiger charge is -2.49. The average molecular weight is 758 g/mol. The predicted molar refractivity (Wildman–Crippen MR) is 192 cm³/mol. The molecule has 0 aliphatic carbocycles. The molecule has 2 bridgehead atoms. The number of methoxy groups -OCH3 is 1. The van der Waals surface area contributed by atoms with E-state index in [1.54, 1.807) is 27.7 Å². The van der Waals surface area contributed by atoms with E-state index in [1.807, 2.05) is 34.6 Å². The molecule has 14 heteroatoms. The second kappa shape index (κ2) is 16.6. The lowest BCUT2D eigenvalue weighted by molar-refractivity contribution is -0.317. The van der Waals surface area contributed by atoms with Crippen LogP contribution in [0.3, 0.4) is 0 Å². The minimum atomic E-state index is -1.83. The maximum atomic E-state index is 14.4. The van der Waals surface area contributed by atoms with Crippen LogP contribution in [0.5, 0.6) is 0 Å². The van der Waals surface area contributed by atoms with Crippen molar-refractivity contribution in [2.24, 2.45) is 17.8 Å². The molecule has 4 N–H and O–H groups in total. The van der Waals surface area contributed by atoms with E-state index in [4.69, 9.17) is 37.9 Å². The topological polar surface area (TPSA) is 175 Å². The van der Waals surface area contributed by atoms with Gasteiger partial charge in [-0.1, -0.05) is 20.8 Å². The minimum Gasteiger partial charge on any atom is -0.488 e. The summed E-state index contributed by atoms with van der Waals surface area (Å²) in [6.45, 7) is 20.6. The molecule has 14 nitrogen and oxygen atoms in total. The average Bonchev–Trinajstić information content (AvgIpc) is 3.44. The van der Waals surface area contributed by atoms with Gasteiger partial charge in [-0.3, -0.25) is 9.69 Å². The fourth-order valence-electron chi connectivity index (χ4n) is 9.48. The van der Waals surface area contributed by atoms with Gasteiger partial charge in [0.05, 0.1) is 55.1 Å². The molecular formula is C39H67NO13. The van der Waals surface area contributed by atoms with Crippen LogP contribution in [-0.4, -0.2) is 149 Å². The maximum Gasteiger partial charge on any atom is 0.311 e. The lowest BCUT2D eigenvalue weighted by Crippen LogP contribution is -2.61. The quantitative estimate of drug-likeness (QED) is 0.253. The summed E-state index contributed by atoms with van der Waals surface area (Å²) in [7, 11) is 1.53. The van der Waals surface area contributed by atoms with Gasteiger partial charge in [-0.25, -0.2) is 0 Å². The van der Waals surface area contributed by atoms with Crippen LogP contribution in [0.4, 0.5) is 0 Å². The van der Waals surface area contributed by atoms with Gasteiger partial charge < -0.3 is 58.3 Å². The fraction of sp³-hybridized carbons (Fsp3) is 0.923. The van der Waals surface area contributed by atoms with E-state index in [0.29, 0.717) is 44.9 Å². The molecule has 0 amide bonds. The standard InChI is InChI=1S/C39H67NO13/c1-12-27(41)39(10,45)34-22(4)30-20(2)18-38(9,53-30)33(52-36-29(42)26(17-21(3)48-36)40-13-15-47-16-14-40)23(5)31(24(6)35(44)51-34)50-28-19-37(8,46-11)32(43)25(7)49-28/h21-29,31-34,36,41-43,45H,12-19H2,1-11H3/t21?,22-,23-,24+,25?,26?,27+,28-,29?,31-,32-,33+,34+,36-,37?,38?,39+/m0/s1. The van der Waals surface area contributed by atoms with Gasteiger partial charge in [-0.2, -0.15) is 0 Å². The molecule has 4 fully saturated rings. The number of aliphatic hydroxyl groups excluding tert-OH is 3. The van der Waals surface area contributed by atoms with Crippen LogP contribution in [0, 0.1) is 17.8 Å². The molecule has 306 valence electrons. The van der Waals surface area contributed by atoms with Crippen LogP contribution in [0.15, 0.2) is 11.3 Å². The van der Waals surface area contributed by atoms with Gasteiger partial charge in [0.25, 0.3) is 0 Å². The lowest BCUT2D eigenvalue weighted by atomic mass is 9.78. The Bertz CT molecular complexity index is 1290.